The summed E-state index contributed by atoms with van der Waals surface area (Å²) in [5.41, 5.74) is 1.33. The van der Waals surface area contributed by atoms with Crippen molar-refractivity contribution in [2.45, 2.75) is 24.9 Å². The minimum absolute atomic E-state index is 0.185. The Hall–Kier alpha value is -1.95. The number of allylic oxidation sites excluding steroid dienone is 2. The van der Waals surface area contributed by atoms with E-state index in [1.807, 2.05) is 18.2 Å². The van der Waals surface area contributed by atoms with Crippen LogP contribution in [0.5, 0.6) is 0 Å². The quantitative estimate of drug-likeness (QED) is 0.768. The first-order valence-electron chi connectivity index (χ1n) is 6.68. The molecular formula is C15H16FN3OS. The molecule has 0 N–H and O–H groups in total. The van der Waals surface area contributed by atoms with Gasteiger partial charge in [0.2, 0.25) is 5.16 Å². The molecule has 0 aliphatic heterocycles. The molecule has 1 atom stereocenters. The Balaban J connectivity index is 2.09. The second kappa shape index (κ2) is 7.73. The van der Waals surface area contributed by atoms with Crippen LogP contribution < -0.4 is 0 Å². The summed E-state index contributed by atoms with van der Waals surface area (Å²) in [6.45, 7) is 1.74. The van der Waals surface area contributed by atoms with E-state index in [4.69, 9.17) is 0 Å². The maximum atomic E-state index is 13.0. The van der Waals surface area contributed by atoms with E-state index in [1.165, 1.54) is 6.08 Å². The van der Waals surface area contributed by atoms with Crippen LogP contribution >= 0.6 is 0 Å². The molecule has 0 aromatic carbocycles. The first kappa shape index (κ1) is 15.4. The maximum absolute atomic E-state index is 13.0. The summed E-state index contributed by atoms with van der Waals surface area (Å²) in [4.78, 5) is 12.5. The minimum Gasteiger partial charge on any atom is -0.255 e. The third kappa shape index (κ3) is 4.53. The SMILES string of the molecule is CC/C(F)=C/CCS(=O)c1nccc(-c2ccccn2)n1. The second-order valence-corrected chi connectivity index (χ2v) is 5.75. The molecule has 0 radical (unpaired) electrons. The van der Waals surface area contributed by atoms with Gasteiger partial charge in [-0.15, -0.1) is 0 Å². The van der Waals surface area contributed by atoms with Gasteiger partial charge in [0, 0.05) is 18.1 Å². The molecule has 1 unspecified atom stereocenters. The first-order valence-corrected chi connectivity index (χ1v) is 8.00. The molecule has 0 saturated carbocycles. The predicted molar refractivity (Wildman–Crippen MR) is 80.6 cm³/mol. The fourth-order valence-electron chi connectivity index (χ4n) is 1.67. The lowest BCUT2D eigenvalue weighted by Gasteiger charge is -2.02. The highest BCUT2D eigenvalue weighted by atomic mass is 32.2. The van der Waals surface area contributed by atoms with Crippen LogP contribution in [-0.4, -0.2) is 24.9 Å². The van der Waals surface area contributed by atoms with Crippen LogP contribution in [0.4, 0.5) is 4.39 Å². The maximum Gasteiger partial charge on any atom is 0.219 e. The van der Waals surface area contributed by atoms with Crippen LogP contribution in [-0.2, 0) is 10.8 Å². The summed E-state index contributed by atoms with van der Waals surface area (Å²) in [6, 6.07) is 7.23. The van der Waals surface area contributed by atoms with Crippen LogP contribution in [0.25, 0.3) is 11.4 Å². The van der Waals surface area contributed by atoms with Crippen LogP contribution in [0.3, 0.4) is 0 Å². The van der Waals surface area contributed by atoms with Gasteiger partial charge in [0.1, 0.15) is 0 Å². The number of aromatic nitrogens is 3. The number of rotatable bonds is 6. The van der Waals surface area contributed by atoms with Gasteiger partial charge in [0.05, 0.1) is 28.0 Å². The lowest BCUT2D eigenvalue weighted by atomic mass is 10.3. The van der Waals surface area contributed by atoms with E-state index in [1.54, 1.807) is 25.4 Å². The summed E-state index contributed by atoms with van der Waals surface area (Å²) in [7, 11) is -1.35. The third-order valence-corrected chi connectivity index (χ3v) is 3.98. The summed E-state index contributed by atoms with van der Waals surface area (Å²) < 4.78 is 25.1. The Morgan fingerprint density at radius 2 is 2.10 bits per heavy atom. The van der Waals surface area contributed by atoms with E-state index in [0.717, 1.165) is 0 Å². The van der Waals surface area contributed by atoms with E-state index < -0.39 is 10.8 Å². The Morgan fingerprint density at radius 1 is 1.24 bits per heavy atom. The highest BCUT2D eigenvalue weighted by Gasteiger charge is 2.09. The fourth-order valence-corrected chi connectivity index (χ4v) is 2.56. The predicted octanol–water partition coefficient (Wildman–Crippen LogP) is 3.30. The van der Waals surface area contributed by atoms with Crippen molar-refractivity contribution in [1.82, 2.24) is 15.0 Å². The monoisotopic (exact) mass is 305 g/mol. The molecule has 6 heteroatoms. The molecule has 0 amide bonds. The van der Waals surface area contributed by atoms with Gasteiger partial charge in [0.25, 0.3) is 0 Å². The first-order chi connectivity index (χ1) is 10.2. The van der Waals surface area contributed by atoms with Gasteiger partial charge in [-0.25, -0.2) is 14.4 Å². The van der Waals surface area contributed by atoms with E-state index in [9.17, 15) is 8.60 Å². The van der Waals surface area contributed by atoms with Gasteiger partial charge in [-0.2, -0.15) is 0 Å². The Morgan fingerprint density at radius 3 is 2.81 bits per heavy atom. The Bertz CT molecular complexity index is 646. The van der Waals surface area contributed by atoms with Gasteiger partial charge in [-0.1, -0.05) is 19.1 Å². The van der Waals surface area contributed by atoms with Gasteiger partial charge in [0.15, 0.2) is 0 Å². The largest absolute Gasteiger partial charge is 0.255 e. The van der Waals surface area contributed by atoms with Gasteiger partial charge in [-0.05, 0) is 31.0 Å². The second-order valence-electron chi connectivity index (χ2n) is 4.28. The van der Waals surface area contributed by atoms with E-state index in [0.29, 0.717) is 30.0 Å². The van der Waals surface area contributed by atoms with E-state index >= 15 is 0 Å². The molecule has 0 aliphatic carbocycles. The summed E-state index contributed by atoms with van der Waals surface area (Å²) >= 11 is 0. The van der Waals surface area contributed by atoms with Crippen molar-refractivity contribution in [3.63, 3.8) is 0 Å². The molecule has 21 heavy (non-hydrogen) atoms. The average Bonchev–Trinajstić information content (AvgIpc) is 2.55. The van der Waals surface area contributed by atoms with Crippen molar-refractivity contribution in [2.75, 3.05) is 5.75 Å². The molecule has 0 fully saturated rings. The molecule has 0 saturated heterocycles. The normalized spacial score (nSPS) is 13.1. The number of hydrogen-bond acceptors (Lipinski definition) is 4. The zero-order valence-corrected chi connectivity index (χ0v) is 12.5. The van der Waals surface area contributed by atoms with Crippen molar-refractivity contribution >= 4 is 10.8 Å². The van der Waals surface area contributed by atoms with Crippen LogP contribution in [0.1, 0.15) is 19.8 Å². The minimum atomic E-state index is -1.35. The van der Waals surface area contributed by atoms with Crippen LogP contribution in [0, 0.1) is 0 Å². The van der Waals surface area contributed by atoms with Crippen molar-refractivity contribution < 1.29 is 8.60 Å². The van der Waals surface area contributed by atoms with Gasteiger partial charge in [-0.3, -0.25) is 9.19 Å². The van der Waals surface area contributed by atoms with Crippen LogP contribution in [0.15, 0.2) is 53.7 Å². The standard InChI is InChI=1S/C15H16FN3OS/c1-2-12(16)6-5-11-21(20)15-18-10-8-14(19-15)13-7-3-4-9-17-13/h3-4,6-10H,2,5,11H2,1H3/b12-6-. The average molecular weight is 305 g/mol. The molecule has 2 rings (SSSR count). The Labute approximate surface area is 125 Å². The zero-order valence-electron chi connectivity index (χ0n) is 11.7. The highest BCUT2D eigenvalue weighted by molar-refractivity contribution is 7.84. The highest BCUT2D eigenvalue weighted by Crippen LogP contribution is 2.14. The smallest absolute Gasteiger partial charge is 0.219 e. The molecule has 2 aromatic rings. The number of nitrogens with zero attached hydrogens (tertiary/aromatic N) is 3. The van der Waals surface area contributed by atoms with Crippen molar-refractivity contribution in [3.05, 3.63) is 48.6 Å². The molecular weight excluding hydrogens is 289 g/mol. The summed E-state index contributed by atoms with van der Waals surface area (Å²) in [5.74, 6) is 0.120. The lowest BCUT2D eigenvalue weighted by molar-refractivity contribution is 0.599. The third-order valence-electron chi connectivity index (χ3n) is 2.77. The molecule has 2 aromatic heterocycles. The summed E-state index contributed by atoms with van der Waals surface area (Å²) in [5, 5.41) is 0.253. The van der Waals surface area contributed by atoms with E-state index in [2.05, 4.69) is 15.0 Å². The number of pyridine rings is 1. The van der Waals surface area contributed by atoms with E-state index in [-0.39, 0.29) is 11.0 Å². The molecule has 2 heterocycles. The topological polar surface area (TPSA) is 55.7 Å². The Kier molecular flexibility index (Phi) is 5.68. The summed E-state index contributed by atoms with van der Waals surface area (Å²) in [6.07, 6.45) is 5.46. The van der Waals surface area contributed by atoms with Crippen LogP contribution in [0.2, 0.25) is 0 Å². The number of halogens is 1. The molecule has 0 bridgehead atoms. The van der Waals surface area contributed by atoms with Gasteiger partial charge < -0.3 is 0 Å². The lowest BCUT2D eigenvalue weighted by Crippen LogP contribution is -2.04. The molecule has 0 aliphatic rings. The fraction of sp³-hybridized carbons (Fsp3) is 0.267. The molecule has 0 spiro atoms. The zero-order chi connectivity index (χ0) is 15.1. The molecule has 110 valence electrons. The number of hydrogen-bond donors (Lipinski definition) is 0. The van der Waals surface area contributed by atoms with Crippen molar-refractivity contribution in [2.24, 2.45) is 0 Å². The van der Waals surface area contributed by atoms with Gasteiger partial charge >= 0.3 is 0 Å². The molecule has 4 nitrogen and oxygen atoms in total. The van der Waals surface area contributed by atoms with Crippen molar-refractivity contribution in [1.29, 1.82) is 0 Å². The van der Waals surface area contributed by atoms with Crippen molar-refractivity contribution in [3.8, 4) is 11.4 Å².